The van der Waals surface area contributed by atoms with E-state index in [9.17, 15) is 5.11 Å². The minimum atomic E-state index is 0.287. The van der Waals surface area contributed by atoms with Crippen molar-refractivity contribution >= 4 is 10.9 Å². The van der Waals surface area contributed by atoms with Crippen molar-refractivity contribution < 1.29 is 5.11 Å². The van der Waals surface area contributed by atoms with E-state index in [1.54, 1.807) is 0 Å². The van der Waals surface area contributed by atoms with Gasteiger partial charge in [-0.15, -0.1) is 0 Å². The van der Waals surface area contributed by atoms with E-state index >= 15 is 0 Å². The van der Waals surface area contributed by atoms with Crippen LogP contribution in [-0.4, -0.2) is 31.5 Å². The average molecular weight is 320 g/mol. The molecule has 3 heterocycles. The summed E-state index contributed by atoms with van der Waals surface area (Å²) in [6, 6.07) is 6.45. The van der Waals surface area contributed by atoms with Crippen molar-refractivity contribution in [2.45, 2.75) is 37.6 Å². The molecule has 0 amide bonds. The third-order valence-electron chi connectivity index (χ3n) is 5.34. The third kappa shape index (κ3) is 2.23. The van der Waals surface area contributed by atoms with Crippen molar-refractivity contribution in [2.75, 3.05) is 6.61 Å². The number of nitrogens with zero attached hydrogens (tertiary/aromatic N) is 4. The van der Waals surface area contributed by atoms with Gasteiger partial charge >= 0.3 is 0 Å². The van der Waals surface area contributed by atoms with Crippen LogP contribution in [-0.2, 0) is 0 Å². The van der Waals surface area contributed by atoms with E-state index in [4.69, 9.17) is 5.10 Å². The lowest BCUT2D eigenvalue weighted by Crippen LogP contribution is -2.29. The molecule has 5 nitrogen and oxygen atoms in total. The van der Waals surface area contributed by atoms with Gasteiger partial charge in [0, 0.05) is 42.1 Å². The van der Waals surface area contributed by atoms with E-state index in [2.05, 4.69) is 26.9 Å². The number of fused-ring (bicyclic) bond motifs is 1. The molecule has 0 radical (unpaired) electrons. The van der Waals surface area contributed by atoms with Crippen LogP contribution in [0.25, 0.3) is 22.2 Å². The van der Waals surface area contributed by atoms with Crippen LogP contribution >= 0.6 is 0 Å². The molecule has 0 unspecified atom stereocenters. The van der Waals surface area contributed by atoms with Crippen molar-refractivity contribution in [3.8, 4) is 11.3 Å². The number of hydrogen-bond donors (Lipinski definition) is 1. The van der Waals surface area contributed by atoms with Gasteiger partial charge < -0.3 is 5.11 Å². The van der Waals surface area contributed by atoms with Gasteiger partial charge in [0.15, 0.2) is 0 Å². The molecule has 1 N–H and O–H groups in total. The van der Waals surface area contributed by atoms with Gasteiger partial charge in [-0.1, -0.05) is 6.07 Å². The first-order valence-corrected chi connectivity index (χ1v) is 8.73. The Kier molecular flexibility index (Phi) is 3.16. The van der Waals surface area contributed by atoms with Crippen LogP contribution in [0.3, 0.4) is 0 Å². The SMILES string of the molecule is OCC1CC(n2cc(-c3nccc4cccnc34)c(C3CC3)n2)C1. The van der Waals surface area contributed by atoms with Crippen molar-refractivity contribution in [1.82, 2.24) is 19.7 Å². The highest BCUT2D eigenvalue weighted by molar-refractivity contribution is 5.91. The first kappa shape index (κ1) is 14.1. The second-order valence-electron chi connectivity index (χ2n) is 7.09. The fourth-order valence-electron chi connectivity index (χ4n) is 3.70. The lowest BCUT2D eigenvalue weighted by Gasteiger charge is -2.34. The van der Waals surface area contributed by atoms with E-state index in [1.807, 2.05) is 24.5 Å². The molecule has 0 saturated heterocycles. The summed E-state index contributed by atoms with van der Waals surface area (Å²) in [6.45, 7) is 0.287. The monoisotopic (exact) mass is 320 g/mol. The van der Waals surface area contributed by atoms with E-state index in [0.29, 0.717) is 17.9 Å². The first-order chi connectivity index (χ1) is 11.8. The molecule has 2 aliphatic carbocycles. The standard InChI is InChI=1S/C19H20N4O/c24-11-12-8-15(9-12)23-10-16(17(22-23)14-3-4-14)19-18-13(5-7-21-19)2-1-6-20-18/h1-2,5-7,10,12,14-15,24H,3-4,8-9,11H2. The van der Waals surface area contributed by atoms with Crippen molar-refractivity contribution in [2.24, 2.45) is 5.92 Å². The van der Waals surface area contributed by atoms with Crippen LogP contribution in [0, 0.1) is 5.92 Å². The molecule has 0 spiro atoms. The van der Waals surface area contributed by atoms with Crippen molar-refractivity contribution in [1.29, 1.82) is 0 Å². The Balaban J connectivity index is 1.60. The van der Waals surface area contributed by atoms with Crippen molar-refractivity contribution in [3.05, 3.63) is 42.5 Å². The summed E-state index contributed by atoms with van der Waals surface area (Å²) >= 11 is 0. The third-order valence-corrected chi connectivity index (χ3v) is 5.34. The van der Waals surface area contributed by atoms with Gasteiger partial charge in [0.1, 0.15) is 0 Å². The minimum absolute atomic E-state index is 0.287. The lowest BCUT2D eigenvalue weighted by atomic mass is 9.81. The van der Waals surface area contributed by atoms with Gasteiger partial charge in [0.2, 0.25) is 0 Å². The maximum Gasteiger partial charge on any atom is 0.0999 e. The first-order valence-electron chi connectivity index (χ1n) is 8.73. The Morgan fingerprint density at radius 2 is 2.00 bits per heavy atom. The van der Waals surface area contributed by atoms with Crippen molar-refractivity contribution in [3.63, 3.8) is 0 Å². The highest BCUT2D eigenvalue weighted by Crippen LogP contribution is 2.46. The molecule has 0 atom stereocenters. The molecule has 3 aromatic rings. The molecule has 2 fully saturated rings. The highest BCUT2D eigenvalue weighted by Gasteiger charge is 2.35. The van der Waals surface area contributed by atoms with Gasteiger partial charge in [-0.05, 0) is 43.7 Å². The maximum atomic E-state index is 9.26. The lowest BCUT2D eigenvalue weighted by molar-refractivity contribution is 0.105. The summed E-state index contributed by atoms with van der Waals surface area (Å²) in [5.41, 5.74) is 4.20. The molecule has 2 saturated carbocycles. The second kappa shape index (κ2) is 5.38. The topological polar surface area (TPSA) is 63.8 Å². The number of rotatable bonds is 4. The molecule has 24 heavy (non-hydrogen) atoms. The molecule has 122 valence electrons. The molecule has 0 bridgehead atoms. The van der Waals surface area contributed by atoms with Gasteiger partial charge in [0.25, 0.3) is 0 Å². The summed E-state index contributed by atoms with van der Waals surface area (Å²) in [4.78, 5) is 9.20. The minimum Gasteiger partial charge on any atom is -0.396 e. The number of aromatic nitrogens is 4. The zero-order valence-corrected chi connectivity index (χ0v) is 13.5. The van der Waals surface area contributed by atoms with Crippen LogP contribution in [0.15, 0.2) is 36.8 Å². The molecular weight excluding hydrogens is 300 g/mol. The number of pyridine rings is 2. The van der Waals surface area contributed by atoms with Crippen LogP contribution in [0.2, 0.25) is 0 Å². The van der Waals surface area contributed by atoms with Crippen LogP contribution in [0.5, 0.6) is 0 Å². The Hall–Kier alpha value is -2.27. The van der Waals surface area contributed by atoms with Gasteiger partial charge in [-0.3, -0.25) is 14.6 Å². The van der Waals surface area contributed by atoms with Gasteiger partial charge in [0.05, 0.1) is 22.9 Å². The summed E-state index contributed by atoms with van der Waals surface area (Å²) in [6.07, 6.45) is 10.3. The Morgan fingerprint density at radius 3 is 2.79 bits per heavy atom. The van der Waals surface area contributed by atoms with E-state index in [-0.39, 0.29) is 6.61 Å². The molecule has 3 aromatic heterocycles. The van der Waals surface area contributed by atoms with E-state index < -0.39 is 0 Å². The summed E-state index contributed by atoms with van der Waals surface area (Å²) in [5.74, 6) is 1.00. The largest absolute Gasteiger partial charge is 0.396 e. The summed E-state index contributed by atoms with van der Waals surface area (Å²) in [7, 11) is 0. The zero-order chi connectivity index (χ0) is 16.1. The molecule has 2 aliphatic rings. The van der Waals surface area contributed by atoms with Crippen LogP contribution in [0.4, 0.5) is 0 Å². The molecule has 5 rings (SSSR count). The maximum absolute atomic E-state index is 9.26. The molecule has 0 aliphatic heterocycles. The predicted molar refractivity (Wildman–Crippen MR) is 91.6 cm³/mol. The quantitative estimate of drug-likeness (QED) is 0.801. The van der Waals surface area contributed by atoms with Gasteiger partial charge in [-0.25, -0.2) is 0 Å². The number of aliphatic hydroxyl groups is 1. The van der Waals surface area contributed by atoms with Crippen LogP contribution in [0.1, 0.15) is 43.3 Å². The predicted octanol–water partition coefficient (Wildman–Crippen LogP) is 3.31. The number of hydrogen-bond acceptors (Lipinski definition) is 4. The fourth-order valence-corrected chi connectivity index (χ4v) is 3.70. The average Bonchev–Trinajstić information content (AvgIpc) is 3.34. The smallest absolute Gasteiger partial charge is 0.0999 e. The van der Waals surface area contributed by atoms with E-state index in [0.717, 1.165) is 35.0 Å². The zero-order valence-electron chi connectivity index (χ0n) is 13.5. The number of aliphatic hydroxyl groups excluding tert-OH is 1. The molecule has 5 heteroatoms. The van der Waals surface area contributed by atoms with E-state index in [1.165, 1.54) is 18.5 Å². The highest BCUT2D eigenvalue weighted by atomic mass is 16.3. The molecule has 0 aromatic carbocycles. The molecular formula is C19H20N4O. The normalized spacial score (nSPS) is 23.4. The Labute approximate surface area is 140 Å². The Bertz CT molecular complexity index is 888. The Morgan fingerprint density at radius 1 is 1.12 bits per heavy atom. The summed E-state index contributed by atoms with van der Waals surface area (Å²) < 4.78 is 2.11. The fraction of sp³-hybridized carbons (Fsp3) is 0.421. The summed E-state index contributed by atoms with van der Waals surface area (Å²) in [5, 5.41) is 15.3. The second-order valence-corrected chi connectivity index (χ2v) is 7.09. The van der Waals surface area contributed by atoms with Crippen LogP contribution < -0.4 is 0 Å². The van der Waals surface area contributed by atoms with Gasteiger partial charge in [-0.2, -0.15) is 5.10 Å².